The Balaban J connectivity index is 1.24. The lowest BCUT2D eigenvalue weighted by Crippen LogP contribution is -2.48. The van der Waals surface area contributed by atoms with E-state index in [0.717, 1.165) is 34.2 Å². The number of rotatable bonds is 8. The number of hydrogen-bond donors (Lipinski definition) is 0. The third-order valence-corrected chi connectivity index (χ3v) is 9.36. The Kier molecular flexibility index (Phi) is 9.04. The minimum atomic E-state index is -0.806. The number of fused-ring (bicyclic) bond motifs is 2. The molecule has 9 heteroatoms. The van der Waals surface area contributed by atoms with Crippen LogP contribution in [0.5, 0.6) is 11.5 Å². The van der Waals surface area contributed by atoms with Gasteiger partial charge in [-0.25, -0.2) is 0 Å². The fourth-order valence-corrected chi connectivity index (χ4v) is 6.54. The number of nitrogens with zero attached hydrogens (tertiary/aromatic N) is 2. The summed E-state index contributed by atoms with van der Waals surface area (Å²) in [5.41, 5.74) is 5.53. The van der Waals surface area contributed by atoms with Gasteiger partial charge in [0.2, 0.25) is 6.10 Å². The molecule has 3 atom stereocenters. The van der Waals surface area contributed by atoms with E-state index >= 15 is 0 Å². The van der Waals surface area contributed by atoms with E-state index < -0.39 is 12.1 Å². The van der Waals surface area contributed by atoms with Gasteiger partial charge in [0, 0.05) is 25.2 Å². The van der Waals surface area contributed by atoms with Gasteiger partial charge in [0.1, 0.15) is 24.1 Å². The minimum Gasteiger partial charge on any atom is -0.489 e. The molecule has 0 fully saturated rings. The van der Waals surface area contributed by atoms with Crippen molar-refractivity contribution in [3.05, 3.63) is 123 Å². The second-order valence-electron chi connectivity index (χ2n) is 11.3. The Labute approximate surface area is 273 Å². The largest absolute Gasteiger partial charge is 0.489 e. The zero-order valence-corrected chi connectivity index (χ0v) is 26.8. The highest BCUT2D eigenvalue weighted by Crippen LogP contribution is 2.43. The predicted molar refractivity (Wildman–Crippen MR) is 175 cm³/mol. The molecule has 0 aliphatic carbocycles. The molecule has 0 unspecified atom stereocenters. The van der Waals surface area contributed by atoms with Crippen LogP contribution in [-0.2, 0) is 33.9 Å². The summed E-state index contributed by atoms with van der Waals surface area (Å²) in [6.45, 7) is 3.01. The first-order chi connectivity index (χ1) is 21.8. The van der Waals surface area contributed by atoms with Crippen LogP contribution >= 0.6 is 23.2 Å². The summed E-state index contributed by atoms with van der Waals surface area (Å²) < 4.78 is 17.6. The summed E-state index contributed by atoms with van der Waals surface area (Å²) in [5.74, 6) is 0.840. The standard InChI is InChI=1S/C36H34Cl2N2O5/c1-4-30(23-8-6-5-7-9-23)40-20-26-19-33-31(17-25(26)18-32(40)36(42)43-3)39(2)35(41)34(45-33)24-11-13-27(14-12-24)44-21-22-10-15-28(37)29(38)16-22/h5-17,19,30,32,34H,4,18,20-21H2,1-3H3/t30-,32-,34-/m0/s1. The SMILES string of the molecule is CC[C@@H](c1ccccc1)N1Cc2cc3c(cc2C[C@H]1C(=O)OC)N(C)C(=O)[C@H](c1ccc(OCc2ccc(Cl)c(Cl)c2)cc1)O3. The molecule has 0 N–H and O–H groups in total. The molecule has 1 amide bonds. The highest BCUT2D eigenvalue weighted by atomic mass is 35.5. The molecule has 45 heavy (non-hydrogen) atoms. The number of amides is 1. The quantitative estimate of drug-likeness (QED) is 0.183. The maximum absolute atomic E-state index is 13.5. The van der Waals surface area contributed by atoms with Crippen LogP contribution in [0.15, 0.2) is 84.9 Å². The lowest BCUT2D eigenvalue weighted by molar-refractivity contribution is -0.149. The Hall–Kier alpha value is -4.04. The molecule has 2 aliphatic heterocycles. The number of esters is 1. The zero-order valence-electron chi connectivity index (χ0n) is 25.3. The van der Waals surface area contributed by atoms with Gasteiger partial charge in [-0.05, 0) is 71.5 Å². The van der Waals surface area contributed by atoms with Gasteiger partial charge >= 0.3 is 5.97 Å². The maximum atomic E-state index is 13.5. The molecule has 4 aromatic rings. The topological polar surface area (TPSA) is 68.3 Å². The molecule has 0 bridgehead atoms. The predicted octanol–water partition coefficient (Wildman–Crippen LogP) is 7.72. The molecule has 0 aromatic heterocycles. The van der Waals surface area contributed by atoms with E-state index in [4.69, 9.17) is 37.4 Å². The monoisotopic (exact) mass is 644 g/mol. The van der Waals surface area contributed by atoms with Gasteiger partial charge < -0.3 is 19.1 Å². The maximum Gasteiger partial charge on any atom is 0.323 e. The summed E-state index contributed by atoms with van der Waals surface area (Å²) in [4.78, 5) is 30.4. The Bertz CT molecular complexity index is 1710. The van der Waals surface area contributed by atoms with E-state index in [2.05, 4.69) is 24.0 Å². The number of methoxy groups -OCH3 is 1. The van der Waals surface area contributed by atoms with Crippen molar-refractivity contribution in [2.45, 2.75) is 51.1 Å². The van der Waals surface area contributed by atoms with E-state index in [1.807, 2.05) is 60.7 Å². The smallest absolute Gasteiger partial charge is 0.323 e. The van der Waals surface area contributed by atoms with Gasteiger partial charge in [-0.15, -0.1) is 0 Å². The van der Waals surface area contributed by atoms with Crippen molar-refractivity contribution in [1.82, 2.24) is 4.90 Å². The van der Waals surface area contributed by atoms with Crippen LogP contribution in [0.25, 0.3) is 0 Å². The highest BCUT2D eigenvalue weighted by Gasteiger charge is 2.39. The number of carbonyl (C=O) groups is 2. The lowest BCUT2D eigenvalue weighted by atomic mass is 9.89. The summed E-state index contributed by atoms with van der Waals surface area (Å²) >= 11 is 12.1. The van der Waals surface area contributed by atoms with Gasteiger partial charge in [-0.1, -0.05) is 78.7 Å². The normalized spacial score (nSPS) is 18.4. The molecule has 0 saturated carbocycles. The molecule has 6 rings (SSSR count). The van der Waals surface area contributed by atoms with Crippen molar-refractivity contribution in [3.8, 4) is 11.5 Å². The van der Waals surface area contributed by atoms with Crippen molar-refractivity contribution in [2.75, 3.05) is 19.1 Å². The average molecular weight is 646 g/mol. The number of halogens is 2. The number of ether oxygens (including phenoxy) is 3. The van der Waals surface area contributed by atoms with Gasteiger partial charge in [-0.3, -0.25) is 14.5 Å². The second-order valence-corrected chi connectivity index (χ2v) is 12.2. The van der Waals surface area contributed by atoms with E-state index in [1.54, 1.807) is 24.1 Å². The third kappa shape index (κ3) is 6.25. The van der Waals surface area contributed by atoms with Crippen LogP contribution in [-0.4, -0.2) is 37.0 Å². The zero-order chi connectivity index (χ0) is 31.7. The molecule has 7 nitrogen and oxygen atoms in total. The molecular formula is C36H34Cl2N2O5. The average Bonchev–Trinajstić information content (AvgIpc) is 3.06. The van der Waals surface area contributed by atoms with Gasteiger partial charge in [-0.2, -0.15) is 0 Å². The first-order valence-electron chi connectivity index (χ1n) is 14.9. The van der Waals surface area contributed by atoms with Crippen molar-refractivity contribution < 1.29 is 23.8 Å². The molecule has 0 saturated heterocycles. The fourth-order valence-electron chi connectivity index (χ4n) is 6.22. The Morgan fingerprint density at radius 1 is 0.978 bits per heavy atom. The van der Waals surface area contributed by atoms with E-state index in [1.165, 1.54) is 7.11 Å². The van der Waals surface area contributed by atoms with Crippen LogP contribution in [0.3, 0.4) is 0 Å². The van der Waals surface area contributed by atoms with Gasteiger partial charge in [0.25, 0.3) is 5.91 Å². The summed E-state index contributed by atoms with van der Waals surface area (Å²) in [6, 6.07) is 26.6. The molecule has 4 aromatic carbocycles. The molecular weight excluding hydrogens is 611 g/mol. The molecule has 0 spiro atoms. The summed E-state index contributed by atoms with van der Waals surface area (Å²) in [7, 11) is 3.19. The summed E-state index contributed by atoms with van der Waals surface area (Å²) in [6.07, 6.45) is 0.508. The second kappa shape index (κ2) is 13.1. The van der Waals surface area contributed by atoms with E-state index in [-0.39, 0.29) is 17.9 Å². The van der Waals surface area contributed by atoms with Crippen molar-refractivity contribution in [2.24, 2.45) is 0 Å². The van der Waals surface area contributed by atoms with Crippen LogP contribution in [0, 0.1) is 0 Å². The van der Waals surface area contributed by atoms with Crippen LogP contribution < -0.4 is 14.4 Å². The molecule has 232 valence electrons. The lowest BCUT2D eigenvalue weighted by Gasteiger charge is -2.41. The van der Waals surface area contributed by atoms with Gasteiger partial charge in [0.15, 0.2) is 0 Å². The van der Waals surface area contributed by atoms with Crippen LogP contribution in [0.1, 0.15) is 53.3 Å². The number of anilines is 1. The molecule has 2 aliphatic rings. The minimum absolute atomic E-state index is 0.0369. The number of benzene rings is 4. The van der Waals surface area contributed by atoms with E-state index in [0.29, 0.717) is 46.8 Å². The van der Waals surface area contributed by atoms with Gasteiger partial charge in [0.05, 0.1) is 22.8 Å². The van der Waals surface area contributed by atoms with Crippen LogP contribution in [0.2, 0.25) is 10.0 Å². The number of likely N-dealkylation sites (N-methyl/N-ethyl adjacent to an activating group) is 1. The Morgan fingerprint density at radius 2 is 1.73 bits per heavy atom. The van der Waals surface area contributed by atoms with Crippen LogP contribution in [0.4, 0.5) is 5.69 Å². The first-order valence-corrected chi connectivity index (χ1v) is 15.7. The fraction of sp³-hybridized carbons (Fsp3) is 0.278. The molecule has 2 heterocycles. The summed E-state index contributed by atoms with van der Waals surface area (Å²) in [5, 5.41) is 0.970. The number of hydrogen-bond acceptors (Lipinski definition) is 6. The van der Waals surface area contributed by atoms with Crippen molar-refractivity contribution in [3.63, 3.8) is 0 Å². The molecule has 0 radical (unpaired) electrons. The van der Waals surface area contributed by atoms with Crippen molar-refractivity contribution >= 4 is 40.8 Å². The Morgan fingerprint density at radius 3 is 2.42 bits per heavy atom. The highest BCUT2D eigenvalue weighted by molar-refractivity contribution is 6.42. The first kappa shape index (κ1) is 31.0. The third-order valence-electron chi connectivity index (χ3n) is 8.63. The van der Waals surface area contributed by atoms with Crippen molar-refractivity contribution in [1.29, 1.82) is 0 Å². The van der Waals surface area contributed by atoms with E-state index in [9.17, 15) is 9.59 Å². The number of carbonyl (C=O) groups excluding carboxylic acids is 2.